The molecule has 0 saturated heterocycles. The minimum absolute atomic E-state index is 0.214. The molecule has 0 atom stereocenters. The van der Waals surface area contributed by atoms with Gasteiger partial charge in [0.05, 0.1) is 17.8 Å². The van der Waals surface area contributed by atoms with Gasteiger partial charge in [-0.15, -0.1) is 10.2 Å². The third kappa shape index (κ3) is 4.12. The number of fused-ring (bicyclic) bond motifs is 2. The predicted molar refractivity (Wildman–Crippen MR) is 126 cm³/mol. The van der Waals surface area contributed by atoms with Crippen molar-refractivity contribution in [1.82, 2.24) is 34.7 Å². The van der Waals surface area contributed by atoms with Crippen LogP contribution in [0, 0.1) is 0 Å². The van der Waals surface area contributed by atoms with Crippen LogP contribution < -0.4 is 10.2 Å². The summed E-state index contributed by atoms with van der Waals surface area (Å²) >= 11 is 0. The highest BCUT2D eigenvalue weighted by atomic mass is 16.1. The summed E-state index contributed by atoms with van der Waals surface area (Å²) in [6, 6.07) is 19.4. The Kier molecular flexibility index (Phi) is 5.43. The fourth-order valence-corrected chi connectivity index (χ4v) is 3.81. The van der Waals surface area contributed by atoms with Gasteiger partial charge in [-0.05, 0) is 30.3 Å². The summed E-state index contributed by atoms with van der Waals surface area (Å²) in [5, 5.41) is 16.8. The highest BCUT2D eigenvalue weighted by molar-refractivity contribution is 6.04. The summed E-state index contributed by atoms with van der Waals surface area (Å²) in [5.74, 6) is 1.46. The fraction of sp³-hybridized carbons (Fsp3) is 0.208. The number of hydrogen-bond acceptors (Lipinski definition) is 6. The zero-order chi connectivity index (χ0) is 22.8. The molecule has 0 radical (unpaired) electrons. The van der Waals surface area contributed by atoms with Gasteiger partial charge in [0, 0.05) is 38.6 Å². The molecule has 0 fully saturated rings. The first-order valence-electron chi connectivity index (χ1n) is 10.8. The van der Waals surface area contributed by atoms with E-state index in [0.29, 0.717) is 25.2 Å². The van der Waals surface area contributed by atoms with Gasteiger partial charge < -0.3 is 10.2 Å². The number of pyridine rings is 2. The molecule has 166 valence electrons. The van der Waals surface area contributed by atoms with Crippen LogP contribution in [-0.2, 0) is 13.0 Å². The molecule has 0 unspecified atom stereocenters. The number of anilines is 1. The molecule has 0 spiro atoms. The molecular weight excluding hydrogens is 416 g/mol. The number of nitrogens with zero attached hydrogens (tertiary/aromatic N) is 7. The first-order valence-corrected chi connectivity index (χ1v) is 10.8. The maximum Gasteiger partial charge on any atom is 0.272 e. The number of carbonyl (C=O) groups is 1. The standard InChI is InChI=1S/C24H24N8O/c1-30(2)20-12-7-8-17(26-20)16-32-19-10-4-3-9-18(19)23(29-32)24(33)25-14-13-22-28-27-21-11-5-6-15-31(21)22/h3-12,15H,13-14,16H2,1-2H3,(H,25,33). The summed E-state index contributed by atoms with van der Waals surface area (Å²) in [4.78, 5) is 19.6. The van der Waals surface area contributed by atoms with E-state index in [1.54, 1.807) is 0 Å². The lowest BCUT2D eigenvalue weighted by molar-refractivity contribution is 0.0949. The third-order valence-corrected chi connectivity index (χ3v) is 5.45. The second-order valence-electron chi connectivity index (χ2n) is 7.96. The molecule has 4 aromatic heterocycles. The number of carbonyl (C=O) groups excluding carboxylic acids is 1. The minimum atomic E-state index is -0.214. The molecule has 1 amide bonds. The Morgan fingerprint density at radius 3 is 2.73 bits per heavy atom. The number of hydrogen-bond donors (Lipinski definition) is 1. The fourth-order valence-electron chi connectivity index (χ4n) is 3.81. The van der Waals surface area contributed by atoms with Crippen LogP contribution in [0.3, 0.4) is 0 Å². The molecule has 9 heteroatoms. The van der Waals surface area contributed by atoms with Crippen LogP contribution >= 0.6 is 0 Å². The van der Waals surface area contributed by atoms with Gasteiger partial charge in [0.25, 0.3) is 5.91 Å². The van der Waals surface area contributed by atoms with Crippen LogP contribution in [0.15, 0.2) is 66.9 Å². The van der Waals surface area contributed by atoms with Crippen molar-refractivity contribution in [2.45, 2.75) is 13.0 Å². The maximum atomic E-state index is 13.0. The van der Waals surface area contributed by atoms with E-state index >= 15 is 0 Å². The second-order valence-corrected chi connectivity index (χ2v) is 7.96. The van der Waals surface area contributed by atoms with Crippen molar-refractivity contribution in [3.8, 4) is 0 Å². The molecule has 0 aliphatic heterocycles. The maximum absolute atomic E-state index is 13.0. The summed E-state index contributed by atoms with van der Waals surface area (Å²) in [6.45, 7) is 0.906. The highest BCUT2D eigenvalue weighted by Gasteiger charge is 2.17. The summed E-state index contributed by atoms with van der Waals surface area (Å²) in [7, 11) is 3.92. The molecule has 1 N–H and O–H groups in total. The smallest absolute Gasteiger partial charge is 0.272 e. The van der Waals surface area contributed by atoms with Crippen LogP contribution in [0.4, 0.5) is 5.82 Å². The van der Waals surface area contributed by atoms with Crippen LogP contribution in [0.25, 0.3) is 16.6 Å². The Balaban J connectivity index is 1.35. The highest BCUT2D eigenvalue weighted by Crippen LogP contribution is 2.20. The number of rotatable bonds is 7. The van der Waals surface area contributed by atoms with E-state index in [9.17, 15) is 4.79 Å². The van der Waals surface area contributed by atoms with Gasteiger partial charge in [-0.25, -0.2) is 4.98 Å². The molecular formula is C24H24N8O. The van der Waals surface area contributed by atoms with Crippen molar-refractivity contribution in [2.75, 3.05) is 25.5 Å². The average molecular weight is 441 g/mol. The van der Waals surface area contributed by atoms with E-state index in [0.717, 1.165) is 33.9 Å². The second kappa shape index (κ2) is 8.70. The van der Waals surface area contributed by atoms with Gasteiger partial charge in [0.15, 0.2) is 11.3 Å². The number of para-hydroxylation sites is 1. The molecule has 4 heterocycles. The van der Waals surface area contributed by atoms with E-state index in [4.69, 9.17) is 0 Å². The van der Waals surface area contributed by atoms with Crippen molar-refractivity contribution in [2.24, 2.45) is 0 Å². The molecule has 5 rings (SSSR count). The summed E-state index contributed by atoms with van der Waals surface area (Å²) < 4.78 is 3.75. The zero-order valence-corrected chi connectivity index (χ0v) is 18.5. The summed E-state index contributed by atoms with van der Waals surface area (Å²) in [6.07, 6.45) is 2.48. The molecule has 1 aromatic carbocycles. The van der Waals surface area contributed by atoms with E-state index in [1.165, 1.54) is 0 Å². The van der Waals surface area contributed by atoms with Crippen LogP contribution in [0.2, 0.25) is 0 Å². The Hall–Kier alpha value is -4.27. The van der Waals surface area contributed by atoms with Crippen molar-refractivity contribution in [1.29, 1.82) is 0 Å². The molecule has 5 aromatic rings. The SMILES string of the molecule is CN(C)c1cccc(Cn2nc(C(=O)NCCc3nnc4ccccn34)c3ccccc32)n1. The Morgan fingerprint density at radius 2 is 1.85 bits per heavy atom. The Labute approximate surface area is 190 Å². The van der Waals surface area contributed by atoms with Crippen molar-refractivity contribution >= 4 is 28.3 Å². The van der Waals surface area contributed by atoms with Crippen LogP contribution in [0.1, 0.15) is 22.0 Å². The lowest BCUT2D eigenvalue weighted by Crippen LogP contribution is -2.27. The van der Waals surface area contributed by atoms with E-state index in [1.807, 2.05) is 94.9 Å². The summed E-state index contributed by atoms with van der Waals surface area (Å²) in [5.41, 5.74) is 2.96. The topological polar surface area (TPSA) is 93.2 Å². The minimum Gasteiger partial charge on any atom is -0.363 e. The number of nitrogens with one attached hydrogen (secondary N) is 1. The van der Waals surface area contributed by atoms with E-state index in [-0.39, 0.29) is 5.91 Å². The first-order chi connectivity index (χ1) is 16.1. The van der Waals surface area contributed by atoms with Crippen LogP contribution in [0.5, 0.6) is 0 Å². The molecule has 0 aliphatic rings. The normalized spacial score (nSPS) is 11.2. The molecule has 9 nitrogen and oxygen atoms in total. The van der Waals surface area contributed by atoms with Gasteiger partial charge in [-0.3, -0.25) is 13.9 Å². The van der Waals surface area contributed by atoms with Crippen molar-refractivity contribution in [3.05, 3.63) is 84.1 Å². The van der Waals surface area contributed by atoms with Crippen LogP contribution in [-0.4, -0.2) is 55.9 Å². The molecule has 0 saturated carbocycles. The molecule has 0 bridgehead atoms. The van der Waals surface area contributed by atoms with Crippen molar-refractivity contribution < 1.29 is 4.79 Å². The van der Waals surface area contributed by atoms with Gasteiger partial charge >= 0.3 is 0 Å². The molecule has 0 aliphatic carbocycles. The van der Waals surface area contributed by atoms with Gasteiger partial charge in [-0.2, -0.15) is 5.10 Å². The first kappa shape index (κ1) is 20.6. The Morgan fingerprint density at radius 1 is 1.00 bits per heavy atom. The average Bonchev–Trinajstić information content (AvgIpc) is 3.41. The zero-order valence-electron chi connectivity index (χ0n) is 18.5. The van der Waals surface area contributed by atoms with E-state index in [2.05, 4.69) is 25.6 Å². The third-order valence-electron chi connectivity index (χ3n) is 5.45. The number of aromatic nitrogens is 6. The van der Waals surface area contributed by atoms with Gasteiger partial charge in [0.2, 0.25) is 0 Å². The number of benzene rings is 1. The van der Waals surface area contributed by atoms with Crippen molar-refractivity contribution in [3.63, 3.8) is 0 Å². The van der Waals surface area contributed by atoms with Gasteiger partial charge in [-0.1, -0.05) is 30.3 Å². The number of amides is 1. The lowest BCUT2D eigenvalue weighted by Gasteiger charge is -2.12. The Bertz CT molecular complexity index is 1440. The largest absolute Gasteiger partial charge is 0.363 e. The van der Waals surface area contributed by atoms with Gasteiger partial charge in [0.1, 0.15) is 11.6 Å². The predicted octanol–water partition coefficient (Wildman–Crippen LogP) is 2.56. The quantitative estimate of drug-likeness (QED) is 0.418. The lowest BCUT2D eigenvalue weighted by atomic mass is 10.2. The van der Waals surface area contributed by atoms with E-state index < -0.39 is 0 Å². The monoisotopic (exact) mass is 440 g/mol. The molecule has 33 heavy (non-hydrogen) atoms.